The van der Waals surface area contributed by atoms with Crippen molar-refractivity contribution in [3.8, 4) is 0 Å². The second-order valence-corrected chi connectivity index (χ2v) is 6.24. The summed E-state index contributed by atoms with van der Waals surface area (Å²) >= 11 is 0. The Morgan fingerprint density at radius 2 is 2.00 bits per heavy atom. The average Bonchev–Trinajstić information content (AvgIpc) is 2.38. The number of hydrogen-bond acceptors (Lipinski definition) is 3. The molecule has 2 N–H and O–H groups in total. The summed E-state index contributed by atoms with van der Waals surface area (Å²) in [6, 6.07) is 11.4. The van der Waals surface area contributed by atoms with Gasteiger partial charge in [0.05, 0.1) is 6.61 Å². The molecule has 0 aromatic heterocycles. The molecule has 1 aliphatic rings. The van der Waals surface area contributed by atoms with Crippen LogP contribution in [0, 0.1) is 0 Å². The maximum absolute atomic E-state index is 9.35. The molecule has 1 saturated carbocycles. The molecular weight excluding hydrogens is 248 g/mol. The highest BCUT2D eigenvalue weighted by molar-refractivity contribution is 5.25. The third-order valence-electron chi connectivity index (χ3n) is 4.57. The Labute approximate surface area is 123 Å². The number of aliphatic hydroxyl groups is 1. The lowest BCUT2D eigenvalue weighted by Crippen LogP contribution is -2.51. The first kappa shape index (κ1) is 15.5. The van der Waals surface area contributed by atoms with Crippen molar-refractivity contribution in [1.29, 1.82) is 0 Å². The van der Waals surface area contributed by atoms with Crippen molar-refractivity contribution < 1.29 is 5.11 Å². The fraction of sp³-hybridized carbons (Fsp3) is 0.647. The number of aliphatic hydroxyl groups excluding tert-OH is 1. The SMILES string of the molecule is CNCC(C)(CN(CCO)C1CCC1)c1ccccc1. The molecule has 0 bridgehead atoms. The van der Waals surface area contributed by atoms with Gasteiger partial charge in [0, 0.05) is 31.1 Å². The summed E-state index contributed by atoms with van der Waals surface area (Å²) in [5, 5.41) is 12.7. The first-order valence-corrected chi connectivity index (χ1v) is 7.74. The predicted molar refractivity (Wildman–Crippen MR) is 84.0 cm³/mol. The fourth-order valence-electron chi connectivity index (χ4n) is 3.20. The van der Waals surface area contributed by atoms with Gasteiger partial charge in [-0.05, 0) is 25.5 Å². The number of hydrogen-bond donors (Lipinski definition) is 2. The Balaban J connectivity index is 2.14. The van der Waals surface area contributed by atoms with E-state index in [1.54, 1.807) is 0 Å². The minimum absolute atomic E-state index is 0.0841. The van der Waals surface area contributed by atoms with Crippen LogP contribution in [0.4, 0.5) is 0 Å². The van der Waals surface area contributed by atoms with Crippen molar-refractivity contribution in [2.75, 3.05) is 33.3 Å². The minimum atomic E-state index is 0.0841. The van der Waals surface area contributed by atoms with Crippen molar-refractivity contribution in [2.45, 2.75) is 37.6 Å². The molecule has 20 heavy (non-hydrogen) atoms. The van der Waals surface area contributed by atoms with E-state index >= 15 is 0 Å². The van der Waals surface area contributed by atoms with Crippen LogP contribution in [0.2, 0.25) is 0 Å². The number of rotatable bonds is 8. The molecule has 1 aliphatic carbocycles. The maximum atomic E-state index is 9.35. The summed E-state index contributed by atoms with van der Waals surface area (Å²) in [4.78, 5) is 2.48. The van der Waals surface area contributed by atoms with Gasteiger partial charge in [-0.1, -0.05) is 43.7 Å². The number of nitrogens with zero attached hydrogens (tertiary/aromatic N) is 1. The van der Waals surface area contributed by atoms with Crippen molar-refractivity contribution in [3.05, 3.63) is 35.9 Å². The molecule has 0 radical (unpaired) electrons. The minimum Gasteiger partial charge on any atom is -0.395 e. The first-order chi connectivity index (χ1) is 9.69. The lowest BCUT2D eigenvalue weighted by Gasteiger charge is -2.43. The third-order valence-corrected chi connectivity index (χ3v) is 4.57. The van der Waals surface area contributed by atoms with Crippen LogP contribution in [0.5, 0.6) is 0 Å². The molecule has 1 atom stereocenters. The van der Waals surface area contributed by atoms with Crippen LogP contribution in [0.1, 0.15) is 31.7 Å². The number of nitrogens with one attached hydrogen (secondary N) is 1. The Bertz CT molecular complexity index is 391. The van der Waals surface area contributed by atoms with Crippen LogP contribution in [-0.2, 0) is 5.41 Å². The normalized spacial score (nSPS) is 18.8. The Kier molecular flexibility index (Phi) is 5.58. The van der Waals surface area contributed by atoms with Gasteiger partial charge in [0.15, 0.2) is 0 Å². The first-order valence-electron chi connectivity index (χ1n) is 7.74. The van der Waals surface area contributed by atoms with Gasteiger partial charge in [0.2, 0.25) is 0 Å². The van der Waals surface area contributed by atoms with Crippen molar-refractivity contribution in [2.24, 2.45) is 0 Å². The summed E-state index contributed by atoms with van der Waals surface area (Å²) in [5.41, 5.74) is 1.46. The summed E-state index contributed by atoms with van der Waals surface area (Å²) in [6.07, 6.45) is 3.90. The molecule has 0 heterocycles. The topological polar surface area (TPSA) is 35.5 Å². The highest BCUT2D eigenvalue weighted by Gasteiger charge is 2.33. The summed E-state index contributed by atoms with van der Waals surface area (Å²) < 4.78 is 0. The predicted octanol–water partition coefficient (Wildman–Crippen LogP) is 2.01. The molecule has 112 valence electrons. The standard InChI is InChI=1S/C17H28N2O/c1-17(13-18-2,15-7-4-3-5-8-15)14-19(11-12-20)16-9-6-10-16/h3-5,7-8,16,18,20H,6,9-14H2,1-2H3. The zero-order chi connectivity index (χ0) is 14.4. The average molecular weight is 276 g/mol. The van der Waals surface area contributed by atoms with E-state index in [-0.39, 0.29) is 12.0 Å². The fourth-order valence-corrected chi connectivity index (χ4v) is 3.20. The van der Waals surface area contributed by atoms with Crippen LogP contribution >= 0.6 is 0 Å². The molecule has 0 spiro atoms. The number of likely N-dealkylation sites (N-methyl/N-ethyl adjacent to an activating group) is 1. The molecule has 0 aliphatic heterocycles. The van der Waals surface area contributed by atoms with Gasteiger partial charge in [0.25, 0.3) is 0 Å². The van der Waals surface area contributed by atoms with Gasteiger partial charge in [-0.15, -0.1) is 0 Å². The highest BCUT2D eigenvalue weighted by Crippen LogP contribution is 2.30. The monoisotopic (exact) mass is 276 g/mol. The largest absolute Gasteiger partial charge is 0.395 e. The van der Waals surface area contributed by atoms with E-state index in [0.717, 1.165) is 19.6 Å². The molecular formula is C17H28N2O. The zero-order valence-electron chi connectivity index (χ0n) is 12.8. The van der Waals surface area contributed by atoms with Gasteiger partial charge in [-0.3, -0.25) is 4.90 Å². The van der Waals surface area contributed by atoms with Gasteiger partial charge in [-0.25, -0.2) is 0 Å². The van der Waals surface area contributed by atoms with Crippen LogP contribution in [0.3, 0.4) is 0 Å². The van der Waals surface area contributed by atoms with Gasteiger partial charge in [-0.2, -0.15) is 0 Å². The number of benzene rings is 1. The van der Waals surface area contributed by atoms with Crippen molar-refractivity contribution in [3.63, 3.8) is 0 Å². The highest BCUT2D eigenvalue weighted by atomic mass is 16.3. The van der Waals surface area contributed by atoms with E-state index < -0.39 is 0 Å². The molecule has 0 saturated heterocycles. The molecule has 3 heteroatoms. The van der Waals surface area contributed by atoms with E-state index in [1.807, 2.05) is 7.05 Å². The lowest BCUT2D eigenvalue weighted by molar-refractivity contribution is 0.0792. The van der Waals surface area contributed by atoms with E-state index in [2.05, 4.69) is 47.5 Å². The molecule has 1 aromatic carbocycles. The Morgan fingerprint density at radius 3 is 2.50 bits per heavy atom. The summed E-state index contributed by atoms with van der Waals surface area (Å²) in [6.45, 7) is 5.31. The van der Waals surface area contributed by atoms with Crippen molar-refractivity contribution >= 4 is 0 Å². The van der Waals surface area contributed by atoms with Gasteiger partial charge in [0.1, 0.15) is 0 Å². The van der Waals surface area contributed by atoms with E-state index in [0.29, 0.717) is 6.04 Å². The Morgan fingerprint density at radius 1 is 1.30 bits per heavy atom. The molecule has 1 unspecified atom stereocenters. The molecule has 3 nitrogen and oxygen atoms in total. The van der Waals surface area contributed by atoms with E-state index in [1.165, 1.54) is 24.8 Å². The van der Waals surface area contributed by atoms with Gasteiger partial charge >= 0.3 is 0 Å². The van der Waals surface area contributed by atoms with E-state index in [9.17, 15) is 5.11 Å². The molecule has 1 aromatic rings. The third kappa shape index (κ3) is 3.60. The quantitative estimate of drug-likeness (QED) is 0.762. The summed E-state index contributed by atoms with van der Waals surface area (Å²) in [5.74, 6) is 0. The van der Waals surface area contributed by atoms with E-state index in [4.69, 9.17) is 0 Å². The van der Waals surface area contributed by atoms with Crippen LogP contribution in [-0.4, -0.2) is 49.3 Å². The second-order valence-electron chi connectivity index (χ2n) is 6.24. The molecule has 2 rings (SSSR count). The molecule has 1 fully saturated rings. The Hall–Kier alpha value is -0.900. The maximum Gasteiger partial charge on any atom is 0.0558 e. The second kappa shape index (κ2) is 7.21. The van der Waals surface area contributed by atoms with Crippen LogP contribution in [0.25, 0.3) is 0 Å². The lowest BCUT2D eigenvalue weighted by atomic mass is 9.80. The van der Waals surface area contributed by atoms with Gasteiger partial charge < -0.3 is 10.4 Å². The molecule has 0 amide bonds. The van der Waals surface area contributed by atoms with Crippen molar-refractivity contribution in [1.82, 2.24) is 10.2 Å². The van der Waals surface area contributed by atoms with Crippen LogP contribution < -0.4 is 5.32 Å². The zero-order valence-corrected chi connectivity index (χ0v) is 12.8. The smallest absolute Gasteiger partial charge is 0.0558 e. The van der Waals surface area contributed by atoms with Crippen LogP contribution in [0.15, 0.2) is 30.3 Å². The summed E-state index contributed by atoms with van der Waals surface area (Å²) in [7, 11) is 2.01.